The number of benzene rings is 1. The SMILES string of the molecule is COc1ccc(CN([C@H]2CCN(C(=O)OC(C)(C)C)C2)S(=O)(=O)C(C)F)cc1. The number of alkyl halides is 1. The minimum atomic E-state index is -4.16. The predicted octanol–water partition coefficient (Wildman–Crippen LogP) is 3.15. The van der Waals surface area contributed by atoms with Gasteiger partial charge in [0.15, 0.2) is 0 Å². The van der Waals surface area contributed by atoms with Crippen LogP contribution in [0.25, 0.3) is 0 Å². The first kappa shape index (κ1) is 22.4. The van der Waals surface area contributed by atoms with Crippen LogP contribution in [0.1, 0.15) is 39.7 Å². The lowest BCUT2D eigenvalue weighted by Crippen LogP contribution is -2.45. The molecule has 0 bridgehead atoms. The molecule has 1 saturated heterocycles. The Hall–Kier alpha value is -1.87. The summed E-state index contributed by atoms with van der Waals surface area (Å²) in [5.41, 5.74) is -1.97. The molecule has 1 heterocycles. The molecular weight excluding hydrogens is 387 g/mol. The van der Waals surface area contributed by atoms with Crippen LogP contribution in [0, 0.1) is 0 Å². The average molecular weight is 417 g/mol. The molecule has 0 aromatic heterocycles. The third-order valence-corrected chi connectivity index (χ3v) is 6.36. The van der Waals surface area contributed by atoms with E-state index in [9.17, 15) is 17.6 Å². The quantitative estimate of drug-likeness (QED) is 0.712. The number of sulfonamides is 1. The van der Waals surface area contributed by atoms with Gasteiger partial charge in [-0.1, -0.05) is 12.1 Å². The first-order valence-corrected chi connectivity index (χ1v) is 10.7. The van der Waals surface area contributed by atoms with Gasteiger partial charge in [-0.3, -0.25) is 0 Å². The number of amides is 1. The van der Waals surface area contributed by atoms with Gasteiger partial charge in [0.25, 0.3) is 0 Å². The highest BCUT2D eigenvalue weighted by atomic mass is 32.2. The van der Waals surface area contributed by atoms with Gasteiger partial charge >= 0.3 is 6.09 Å². The molecule has 2 rings (SSSR count). The molecule has 1 aliphatic rings. The van der Waals surface area contributed by atoms with E-state index >= 15 is 0 Å². The standard InChI is InChI=1S/C19H29FN2O5S/c1-14(20)28(24,25)22(12-15-6-8-17(26-5)9-7-15)16-10-11-21(13-16)18(23)27-19(2,3)4/h6-9,14,16H,10-13H2,1-5H3/t14?,16-/m0/s1. The van der Waals surface area contributed by atoms with E-state index in [1.165, 1.54) is 4.90 Å². The fourth-order valence-electron chi connectivity index (χ4n) is 2.99. The van der Waals surface area contributed by atoms with E-state index in [0.717, 1.165) is 11.2 Å². The van der Waals surface area contributed by atoms with Crippen molar-refractivity contribution in [2.45, 2.75) is 57.8 Å². The zero-order valence-corrected chi connectivity index (χ0v) is 17.8. The average Bonchev–Trinajstić information content (AvgIpc) is 3.08. The molecule has 1 amide bonds. The van der Waals surface area contributed by atoms with Crippen molar-refractivity contribution in [3.8, 4) is 5.75 Å². The molecule has 158 valence electrons. The van der Waals surface area contributed by atoms with Crippen molar-refractivity contribution in [1.82, 2.24) is 9.21 Å². The number of hydrogen-bond donors (Lipinski definition) is 0. The first-order valence-electron chi connectivity index (χ1n) is 9.19. The highest BCUT2D eigenvalue weighted by Crippen LogP contribution is 2.26. The van der Waals surface area contributed by atoms with Gasteiger partial charge in [0.1, 0.15) is 11.4 Å². The number of rotatable bonds is 6. The number of likely N-dealkylation sites (tertiary alicyclic amines) is 1. The number of carbonyl (C=O) groups is 1. The fraction of sp³-hybridized carbons (Fsp3) is 0.632. The third kappa shape index (κ3) is 5.57. The molecule has 0 radical (unpaired) electrons. The number of halogens is 1. The van der Waals surface area contributed by atoms with Crippen LogP contribution in [-0.2, 0) is 21.3 Å². The molecule has 1 aliphatic heterocycles. The van der Waals surface area contributed by atoms with Crippen molar-refractivity contribution in [1.29, 1.82) is 0 Å². The normalized spacial score (nSPS) is 19.0. The van der Waals surface area contributed by atoms with E-state index in [1.807, 2.05) is 0 Å². The summed E-state index contributed by atoms with van der Waals surface area (Å²) in [5, 5.41) is 0. The third-order valence-electron chi connectivity index (χ3n) is 4.46. The van der Waals surface area contributed by atoms with Gasteiger partial charge in [0.2, 0.25) is 15.5 Å². The lowest BCUT2D eigenvalue weighted by molar-refractivity contribution is 0.0286. The van der Waals surface area contributed by atoms with Crippen LogP contribution in [0.15, 0.2) is 24.3 Å². The van der Waals surface area contributed by atoms with E-state index in [4.69, 9.17) is 9.47 Å². The van der Waals surface area contributed by atoms with E-state index in [0.29, 0.717) is 24.3 Å². The predicted molar refractivity (Wildman–Crippen MR) is 104 cm³/mol. The summed E-state index contributed by atoms with van der Waals surface area (Å²) in [6, 6.07) is 6.41. The first-order chi connectivity index (χ1) is 12.9. The van der Waals surface area contributed by atoms with Crippen molar-refractivity contribution >= 4 is 16.1 Å². The van der Waals surface area contributed by atoms with Crippen molar-refractivity contribution in [3.63, 3.8) is 0 Å². The molecule has 1 unspecified atom stereocenters. The molecule has 1 fully saturated rings. The maximum Gasteiger partial charge on any atom is 0.410 e. The Morgan fingerprint density at radius 2 is 1.93 bits per heavy atom. The Bertz CT molecular complexity index is 775. The Kier molecular flexibility index (Phi) is 6.93. The van der Waals surface area contributed by atoms with E-state index in [1.54, 1.807) is 52.1 Å². The number of ether oxygens (including phenoxy) is 2. The van der Waals surface area contributed by atoms with Crippen LogP contribution in [0.4, 0.5) is 9.18 Å². The van der Waals surface area contributed by atoms with Crippen LogP contribution in [0.3, 0.4) is 0 Å². The van der Waals surface area contributed by atoms with Gasteiger partial charge in [0, 0.05) is 25.7 Å². The highest BCUT2D eigenvalue weighted by molar-refractivity contribution is 7.89. The molecule has 1 aromatic rings. The molecule has 0 spiro atoms. The molecule has 2 atom stereocenters. The van der Waals surface area contributed by atoms with Gasteiger partial charge in [-0.2, -0.15) is 4.31 Å². The summed E-state index contributed by atoms with van der Waals surface area (Å²) in [7, 11) is -2.62. The van der Waals surface area contributed by atoms with Crippen LogP contribution in [-0.4, -0.2) is 61.1 Å². The van der Waals surface area contributed by atoms with Crippen molar-refractivity contribution in [3.05, 3.63) is 29.8 Å². The number of nitrogens with zero attached hydrogens (tertiary/aromatic N) is 2. The van der Waals surface area contributed by atoms with Gasteiger partial charge in [0.05, 0.1) is 7.11 Å². The smallest absolute Gasteiger partial charge is 0.410 e. The molecule has 0 N–H and O–H groups in total. The van der Waals surface area contributed by atoms with Crippen LogP contribution in [0.5, 0.6) is 5.75 Å². The van der Waals surface area contributed by atoms with E-state index < -0.39 is 33.3 Å². The van der Waals surface area contributed by atoms with Gasteiger partial charge in [-0.05, 0) is 51.8 Å². The molecule has 7 nitrogen and oxygen atoms in total. The second-order valence-corrected chi connectivity index (χ2v) is 10.00. The van der Waals surface area contributed by atoms with Gasteiger partial charge in [-0.25, -0.2) is 17.6 Å². The summed E-state index contributed by atoms with van der Waals surface area (Å²) >= 11 is 0. The zero-order valence-electron chi connectivity index (χ0n) is 17.0. The number of methoxy groups -OCH3 is 1. The lowest BCUT2D eigenvalue weighted by atomic mass is 10.2. The topological polar surface area (TPSA) is 76.2 Å². The Labute approximate surface area is 166 Å². The van der Waals surface area contributed by atoms with Gasteiger partial charge in [-0.15, -0.1) is 0 Å². The lowest BCUT2D eigenvalue weighted by Gasteiger charge is -2.29. The summed E-state index contributed by atoms with van der Waals surface area (Å²) in [6.07, 6.45) is -0.0773. The monoisotopic (exact) mass is 416 g/mol. The molecule has 9 heteroatoms. The maximum absolute atomic E-state index is 13.9. The molecule has 0 aliphatic carbocycles. The second-order valence-electron chi connectivity index (χ2n) is 7.85. The minimum Gasteiger partial charge on any atom is -0.497 e. The molecule has 28 heavy (non-hydrogen) atoms. The number of carbonyl (C=O) groups excluding carboxylic acids is 1. The Balaban J connectivity index is 2.19. The van der Waals surface area contributed by atoms with Crippen LogP contribution in [0.2, 0.25) is 0 Å². The Morgan fingerprint density at radius 1 is 1.32 bits per heavy atom. The molecular formula is C19H29FN2O5S. The van der Waals surface area contributed by atoms with E-state index in [-0.39, 0.29) is 13.1 Å². The molecule has 0 saturated carbocycles. The zero-order chi connectivity index (χ0) is 21.1. The van der Waals surface area contributed by atoms with Crippen molar-refractivity contribution < 1.29 is 27.1 Å². The van der Waals surface area contributed by atoms with Crippen LogP contribution < -0.4 is 4.74 Å². The summed E-state index contributed by atoms with van der Waals surface area (Å²) in [4.78, 5) is 13.8. The van der Waals surface area contributed by atoms with Crippen molar-refractivity contribution in [2.24, 2.45) is 0 Å². The second kappa shape index (κ2) is 8.65. The van der Waals surface area contributed by atoms with Crippen molar-refractivity contribution in [2.75, 3.05) is 20.2 Å². The molecule has 1 aromatic carbocycles. The summed E-state index contributed by atoms with van der Waals surface area (Å²) in [6.45, 7) is 6.85. The highest BCUT2D eigenvalue weighted by Gasteiger charge is 2.40. The Morgan fingerprint density at radius 3 is 2.43 bits per heavy atom. The minimum absolute atomic E-state index is 0.0212. The summed E-state index contributed by atoms with van der Waals surface area (Å²) < 4.78 is 50.8. The van der Waals surface area contributed by atoms with Crippen LogP contribution >= 0.6 is 0 Å². The summed E-state index contributed by atoms with van der Waals surface area (Å²) in [5.74, 6) is 0.647. The maximum atomic E-state index is 13.9. The largest absolute Gasteiger partial charge is 0.497 e. The van der Waals surface area contributed by atoms with Gasteiger partial charge < -0.3 is 14.4 Å². The van der Waals surface area contributed by atoms with E-state index in [2.05, 4.69) is 0 Å². The number of hydrogen-bond acceptors (Lipinski definition) is 5. The fourth-order valence-corrected chi connectivity index (χ4v) is 4.28.